The average molecular weight is 1080 g/mol. The lowest BCUT2D eigenvalue weighted by Crippen LogP contribution is -2.65. The molecular weight excluding hydrogens is 967 g/mol. The van der Waals surface area contributed by atoms with Crippen molar-refractivity contribution >= 4 is 5.91 Å². The second-order valence-electron chi connectivity index (χ2n) is 22.2. The summed E-state index contributed by atoms with van der Waals surface area (Å²) < 4.78 is 22.8. The molecule has 14 nitrogen and oxygen atoms in total. The molecule has 0 bridgehead atoms. The summed E-state index contributed by atoms with van der Waals surface area (Å²) in [6, 6.07) is -0.935. The second-order valence-corrected chi connectivity index (χ2v) is 22.2. The Bertz CT molecular complexity index is 1410. The first-order chi connectivity index (χ1) is 37.1. The Morgan fingerprint density at radius 1 is 0.461 bits per heavy atom. The molecule has 12 atom stereocenters. The first-order valence-corrected chi connectivity index (χ1v) is 31.2. The average Bonchev–Trinajstić information content (AvgIpc) is 3.42. The van der Waals surface area contributed by atoms with Crippen molar-refractivity contribution in [1.29, 1.82) is 0 Å². The van der Waals surface area contributed by atoms with Crippen LogP contribution in [0.2, 0.25) is 0 Å². The molecule has 0 aromatic rings. The van der Waals surface area contributed by atoms with Crippen molar-refractivity contribution in [3.05, 3.63) is 36.5 Å². The lowest BCUT2D eigenvalue weighted by atomic mass is 9.97. The highest BCUT2D eigenvalue weighted by atomic mass is 16.7. The molecule has 2 fully saturated rings. The topological polar surface area (TPSA) is 228 Å². The van der Waals surface area contributed by atoms with Crippen LogP contribution in [-0.4, -0.2) is 140 Å². The van der Waals surface area contributed by atoms with Crippen LogP contribution in [0, 0.1) is 0 Å². The zero-order chi connectivity index (χ0) is 55.3. The number of ether oxygens (including phenoxy) is 4. The largest absolute Gasteiger partial charge is 0.394 e. The van der Waals surface area contributed by atoms with E-state index >= 15 is 0 Å². The molecule has 76 heavy (non-hydrogen) atoms. The fraction of sp³-hybridized carbons (Fsp3) is 0.887. The zero-order valence-corrected chi connectivity index (χ0v) is 48.0. The van der Waals surface area contributed by atoms with Gasteiger partial charge in [0.2, 0.25) is 5.91 Å². The molecule has 1 amide bonds. The minimum Gasteiger partial charge on any atom is -0.394 e. The maximum Gasteiger partial charge on any atom is 0.220 e. The quantitative estimate of drug-likeness (QED) is 0.0204. The molecular formula is C62H115NO13. The minimum absolute atomic E-state index is 0.251. The molecule has 2 aliphatic heterocycles. The van der Waals surface area contributed by atoms with Crippen molar-refractivity contribution in [2.24, 2.45) is 0 Å². The Balaban J connectivity index is 1.74. The number of carbonyl (C=O) groups excluding carboxylic acids is 1. The van der Waals surface area contributed by atoms with E-state index in [4.69, 9.17) is 18.9 Å². The van der Waals surface area contributed by atoms with Gasteiger partial charge < -0.3 is 65.1 Å². The summed E-state index contributed by atoms with van der Waals surface area (Å²) in [6.07, 6.45) is 42.0. The summed E-state index contributed by atoms with van der Waals surface area (Å²) in [6.45, 7) is 2.79. The normalized spacial score (nSPS) is 25.1. The summed E-state index contributed by atoms with van der Waals surface area (Å²) >= 11 is 0. The number of aliphatic hydroxyl groups is 8. The molecule has 446 valence electrons. The fourth-order valence-electron chi connectivity index (χ4n) is 10.3. The van der Waals surface area contributed by atoms with Gasteiger partial charge in [0.15, 0.2) is 12.6 Å². The molecule has 0 aromatic carbocycles. The van der Waals surface area contributed by atoms with E-state index in [0.29, 0.717) is 12.8 Å². The van der Waals surface area contributed by atoms with Crippen LogP contribution in [-0.2, 0) is 23.7 Å². The number of hydrogen-bond acceptors (Lipinski definition) is 13. The van der Waals surface area contributed by atoms with Gasteiger partial charge in [-0.3, -0.25) is 4.79 Å². The molecule has 2 heterocycles. The Morgan fingerprint density at radius 3 is 1.29 bits per heavy atom. The van der Waals surface area contributed by atoms with Gasteiger partial charge in [0.05, 0.1) is 32.0 Å². The van der Waals surface area contributed by atoms with Gasteiger partial charge in [0.25, 0.3) is 0 Å². The van der Waals surface area contributed by atoms with E-state index in [1.54, 1.807) is 6.08 Å². The molecule has 2 rings (SSSR count). The molecule has 0 aliphatic carbocycles. The number of unbranched alkanes of at least 4 members (excludes halogenated alkanes) is 33. The van der Waals surface area contributed by atoms with Crippen LogP contribution in [0.5, 0.6) is 0 Å². The number of nitrogens with one attached hydrogen (secondary N) is 1. The molecule has 14 heteroatoms. The van der Waals surface area contributed by atoms with Gasteiger partial charge in [-0.25, -0.2) is 0 Å². The van der Waals surface area contributed by atoms with Crippen LogP contribution >= 0.6 is 0 Å². The number of allylic oxidation sites excluding steroid dienone is 5. The Labute approximate surface area is 461 Å². The highest BCUT2D eigenvalue weighted by Crippen LogP contribution is 2.30. The second kappa shape index (κ2) is 48.0. The van der Waals surface area contributed by atoms with Crippen molar-refractivity contribution in [1.82, 2.24) is 5.32 Å². The standard InChI is InChI=1S/C62H115NO13/c1-3-5-7-9-11-13-15-17-19-20-21-22-23-24-25-26-27-28-29-30-31-32-33-35-37-39-41-43-45-51(66)50(63-54(67)46-44-42-40-38-36-34-18-16-14-12-10-8-6-4-2)49-73-61-59(72)57(70)60(53(48-65)75-61)76-62-58(71)56(69)55(68)52(47-64)74-62/h30-31,35,37,43,45,50-53,55-62,64-66,68-72H,3-29,32-34,36,38-42,44,46-49H2,1-2H3,(H,63,67)/b31-30+,37-35+,45-43+. The number of amides is 1. The first kappa shape index (κ1) is 70.3. The SMILES string of the molecule is CCCCCCCCCCCCCCCCCCCC/C=C/CC/C=C/CC/C=C/C(O)C(COC1OC(CO)C(OC2OC(CO)C(O)C(O)C2O)C(O)C1O)NC(=O)CCCCCCCCCCCCCCCC. The van der Waals surface area contributed by atoms with Crippen LogP contribution in [0.4, 0.5) is 0 Å². The Kier molecular flexibility index (Phi) is 44.4. The van der Waals surface area contributed by atoms with Crippen molar-refractivity contribution in [3.63, 3.8) is 0 Å². The fourth-order valence-corrected chi connectivity index (χ4v) is 10.3. The van der Waals surface area contributed by atoms with E-state index in [1.807, 2.05) is 6.08 Å². The molecule has 0 saturated carbocycles. The summed E-state index contributed by atoms with van der Waals surface area (Å²) in [4.78, 5) is 13.2. The van der Waals surface area contributed by atoms with Gasteiger partial charge in [-0.15, -0.1) is 0 Å². The summed E-state index contributed by atoms with van der Waals surface area (Å²) in [5.74, 6) is -0.251. The third-order valence-corrected chi connectivity index (χ3v) is 15.3. The van der Waals surface area contributed by atoms with Crippen LogP contribution in [0.25, 0.3) is 0 Å². The molecule has 2 saturated heterocycles. The predicted octanol–water partition coefficient (Wildman–Crippen LogP) is 11.0. The van der Waals surface area contributed by atoms with Gasteiger partial charge in [0.1, 0.15) is 48.8 Å². The van der Waals surface area contributed by atoms with E-state index in [2.05, 4.69) is 43.5 Å². The highest BCUT2D eigenvalue weighted by Gasteiger charge is 2.51. The van der Waals surface area contributed by atoms with Crippen molar-refractivity contribution < 1.29 is 64.6 Å². The van der Waals surface area contributed by atoms with Crippen LogP contribution in [0.1, 0.15) is 258 Å². The zero-order valence-electron chi connectivity index (χ0n) is 48.0. The van der Waals surface area contributed by atoms with Crippen molar-refractivity contribution in [3.8, 4) is 0 Å². The molecule has 2 aliphatic rings. The summed E-state index contributed by atoms with van der Waals surface area (Å²) in [7, 11) is 0. The Morgan fingerprint density at radius 2 is 0.842 bits per heavy atom. The van der Waals surface area contributed by atoms with Crippen LogP contribution in [0.15, 0.2) is 36.5 Å². The molecule has 0 radical (unpaired) electrons. The minimum atomic E-state index is -1.79. The maximum atomic E-state index is 13.2. The van der Waals surface area contributed by atoms with Crippen molar-refractivity contribution in [2.75, 3.05) is 19.8 Å². The number of carbonyl (C=O) groups is 1. The Hall–Kier alpha value is -1.79. The number of aliphatic hydroxyl groups excluding tert-OH is 8. The van der Waals surface area contributed by atoms with Crippen LogP contribution in [0.3, 0.4) is 0 Å². The highest BCUT2D eigenvalue weighted by molar-refractivity contribution is 5.76. The van der Waals surface area contributed by atoms with Gasteiger partial charge >= 0.3 is 0 Å². The van der Waals surface area contributed by atoms with E-state index in [-0.39, 0.29) is 18.9 Å². The maximum absolute atomic E-state index is 13.2. The summed E-state index contributed by atoms with van der Waals surface area (Å²) in [5.41, 5.74) is 0. The molecule has 9 N–H and O–H groups in total. The predicted molar refractivity (Wildman–Crippen MR) is 305 cm³/mol. The number of rotatable bonds is 50. The van der Waals surface area contributed by atoms with Crippen LogP contribution < -0.4 is 5.32 Å². The molecule has 0 aromatic heterocycles. The van der Waals surface area contributed by atoms with E-state index in [9.17, 15) is 45.6 Å². The monoisotopic (exact) mass is 1080 g/mol. The van der Waals surface area contributed by atoms with Gasteiger partial charge in [-0.2, -0.15) is 0 Å². The van der Waals surface area contributed by atoms with Crippen molar-refractivity contribution in [2.45, 2.75) is 331 Å². The van der Waals surface area contributed by atoms with E-state index in [1.165, 1.54) is 180 Å². The lowest BCUT2D eigenvalue weighted by Gasteiger charge is -2.46. The first-order valence-electron chi connectivity index (χ1n) is 31.2. The van der Waals surface area contributed by atoms with Gasteiger partial charge in [-0.1, -0.05) is 243 Å². The third kappa shape index (κ3) is 33.1. The third-order valence-electron chi connectivity index (χ3n) is 15.3. The van der Waals surface area contributed by atoms with E-state index in [0.717, 1.165) is 44.9 Å². The molecule has 0 spiro atoms. The smallest absolute Gasteiger partial charge is 0.220 e. The lowest BCUT2D eigenvalue weighted by molar-refractivity contribution is -0.359. The summed E-state index contributed by atoms with van der Waals surface area (Å²) in [5, 5.41) is 87.1. The number of hydrogen-bond donors (Lipinski definition) is 9. The molecule has 12 unspecified atom stereocenters. The van der Waals surface area contributed by atoms with E-state index < -0.39 is 86.8 Å². The van der Waals surface area contributed by atoms with Gasteiger partial charge in [-0.05, 0) is 44.9 Å². The van der Waals surface area contributed by atoms with Gasteiger partial charge in [0, 0.05) is 6.42 Å².